The third kappa shape index (κ3) is 2.44. The Kier molecular flexibility index (Phi) is 3.60. The average Bonchev–Trinajstić information content (AvgIpc) is 3.13. The summed E-state index contributed by atoms with van der Waals surface area (Å²) in [5, 5.41) is 9.57. The Balaban J connectivity index is 1.62. The zero-order chi connectivity index (χ0) is 16.0. The van der Waals surface area contributed by atoms with Crippen molar-refractivity contribution in [3.63, 3.8) is 0 Å². The van der Waals surface area contributed by atoms with Gasteiger partial charge in [0.2, 0.25) is 5.91 Å². The molecule has 124 valence electrons. The minimum Gasteiger partial charge on any atom is -0.497 e. The highest BCUT2D eigenvalue weighted by atomic mass is 16.5. The summed E-state index contributed by atoms with van der Waals surface area (Å²) < 4.78 is 5.34. The smallest absolute Gasteiger partial charge is 0.229 e. The molecular formula is C19H25NO3. The number of nitrogens with zero attached hydrogens (tertiary/aromatic N) is 1. The molecule has 0 aromatic heterocycles. The van der Waals surface area contributed by atoms with E-state index in [4.69, 9.17) is 4.74 Å². The normalized spacial score (nSPS) is 32.9. The van der Waals surface area contributed by atoms with E-state index in [0.717, 1.165) is 18.6 Å². The lowest BCUT2D eigenvalue weighted by Gasteiger charge is -2.45. The fraction of sp³-hybridized carbons (Fsp3) is 0.632. The lowest BCUT2D eigenvalue weighted by atomic mass is 9.68. The topological polar surface area (TPSA) is 49.8 Å². The molecule has 3 fully saturated rings. The van der Waals surface area contributed by atoms with Gasteiger partial charge in [-0.05, 0) is 55.2 Å². The molecule has 0 spiro atoms. The van der Waals surface area contributed by atoms with Crippen LogP contribution in [0.2, 0.25) is 0 Å². The summed E-state index contributed by atoms with van der Waals surface area (Å²) >= 11 is 0. The first-order valence-corrected chi connectivity index (χ1v) is 8.71. The number of β-amino-alcohol motifs (C(OH)–C–C–N with tert-alkyl or cyclic N) is 1. The summed E-state index contributed by atoms with van der Waals surface area (Å²) in [5.74, 6) is 2.34. The van der Waals surface area contributed by atoms with E-state index >= 15 is 0 Å². The molecule has 1 aliphatic heterocycles. The van der Waals surface area contributed by atoms with Crippen molar-refractivity contribution in [2.24, 2.45) is 17.3 Å². The lowest BCUT2D eigenvalue weighted by molar-refractivity contribution is -0.156. The van der Waals surface area contributed by atoms with E-state index in [1.54, 1.807) is 7.11 Å². The molecule has 4 nitrogen and oxygen atoms in total. The van der Waals surface area contributed by atoms with Crippen LogP contribution in [0.25, 0.3) is 0 Å². The Morgan fingerprint density at radius 1 is 1.39 bits per heavy atom. The second-order valence-corrected chi connectivity index (χ2v) is 7.63. The fourth-order valence-electron chi connectivity index (χ4n) is 5.08. The van der Waals surface area contributed by atoms with Gasteiger partial charge < -0.3 is 14.7 Å². The van der Waals surface area contributed by atoms with E-state index in [0.29, 0.717) is 24.9 Å². The maximum absolute atomic E-state index is 13.2. The first-order chi connectivity index (χ1) is 11.1. The minimum absolute atomic E-state index is 0.255. The van der Waals surface area contributed by atoms with Crippen LogP contribution < -0.4 is 4.74 Å². The van der Waals surface area contributed by atoms with E-state index < -0.39 is 0 Å². The van der Waals surface area contributed by atoms with E-state index in [1.807, 2.05) is 17.0 Å². The van der Waals surface area contributed by atoms with Gasteiger partial charge in [-0.25, -0.2) is 0 Å². The van der Waals surface area contributed by atoms with Crippen LogP contribution in [-0.2, 0) is 11.2 Å². The number of hydrogen-bond acceptors (Lipinski definition) is 3. The number of amides is 1. The largest absolute Gasteiger partial charge is 0.497 e. The van der Waals surface area contributed by atoms with Crippen molar-refractivity contribution in [1.82, 2.24) is 4.90 Å². The molecule has 23 heavy (non-hydrogen) atoms. The number of aliphatic hydroxyl groups is 1. The van der Waals surface area contributed by atoms with Crippen molar-refractivity contribution in [2.75, 3.05) is 20.2 Å². The standard InChI is InChI=1S/C19H25NO3/c1-23-17-4-2-3-13(8-17)9-19(10-14-5-6-15(19)7-14)18(22)20-11-16(21)12-20/h2-4,8,14-16,21H,5-7,9-12H2,1H3. The molecule has 3 unspecified atom stereocenters. The molecule has 2 aliphatic carbocycles. The van der Waals surface area contributed by atoms with Crippen LogP contribution in [0, 0.1) is 17.3 Å². The SMILES string of the molecule is COc1cccc(CC2(C(=O)N3CC(O)C3)CC3CCC2C3)c1. The third-order valence-corrected chi connectivity index (χ3v) is 6.20. The molecular weight excluding hydrogens is 290 g/mol. The Morgan fingerprint density at radius 3 is 2.83 bits per heavy atom. The number of carbonyl (C=O) groups is 1. The maximum atomic E-state index is 13.2. The van der Waals surface area contributed by atoms with Gasteiger partial charge in [0.15, 0.2) is 0 Å². The molecule has 1 saturated heterocycles. The molecule has 1 heterocycles. The first kappa shape index (κ1) is 15.0. The highest BCUT2D eigenvalue weighted by molar-refractivity contribution is 5.85. The second kappa shape index (κ2) is 5.52. The predicted molar refractivity (Wildman–Crippen MR) is 87.2 cm³/mol. The van der Waals surface area contributed by atoms with Gasteiger partial charge in [-0.2, -0.15) is 0 Å². The zero-order valence-corrected chi connectivity index (χ0v) is 13.7. The van der Waals surface area contributed by atoms with Crippen LogP contribution in [0.3, 0.4) is 0 Å². The van der Waals surface area contributed by atoms with Crippen LogP contribution in [0.5, 0.6) is 5.75 Å². The van der Waals surface area contributed by atoms with Crippen molar-refractivity contribution in [3.8, 4) is 5.75 Å². The van der Waals surface area contributed by atoms with Gasteiger partial charge in [-0.3, -0.25) is 4.79 Å². The van der Waals surface area contributed by atoms with Gasteiger partial charge in [0.25, 0.3) is 0 Å². The van der Waals surface area contributed by atoms with E-state index in [-0.39, 0.29) is 17.4 Å². The molecule has 4 heteroatoms. The number of likely N-dealkylation sites (tertiary alicyclic amines) is 1. The third-order valence-electron chi connectivity index (χ3n) is 6.20. The Hall–Kier alpha value is -1.55. The van der Waals surface area contributed by atoms with Gasteiger partial charge >= 0.3 is 0 Å². The molecule has 1 N–H and O–H groups in total. The van der Waals surface area contributed by atoms with E-state index in [1.165, 1.54) is 24.8 Å². The fourth-order valence-corrected chi connectivity index (χ4v) is 5.08. The molecule has 1 amide bonds. The summed E-state index contributed by atoms with van der Waals surface area (Å²) in [7, 11) is 1.68. The molecule has 4 rings (SSSR count). The molecule has 2 saturated carbocycles. The van der Waals surface area contributed by atoms with Gasteiger partial charge in [-0.1, -0.05) is 18.6 Å². The molecule has 1 aromatic rings. The Labute approximate surface area is 137 Å². The van der Waals surface area contributed by atoms with Crippen molar-refractivity contribution in [1.29, 1.82) is 0 Å². The Morgan fingerprint density at radius 2 is 2.22 bits per heavy atom. The number of ether oxygens (including phenoxy) is 1. The summed E-state index contributed by atoms with van der Waals surface area (Å²) in [4.78, 5) is 15.1. The number of carbonyl (C=O) groups excluding carboxylic acids is 1. The average molecular weight is 315 g/mol. The van der Waals surface area contributed by atoms with Crippen molar-refractivity contribution >= 4 is 5.91 Å². The first-order valence-electron chi connectivity index (χ1n) is 8.71. The molecule has 0 radical (unpaired) electrons. The summed E-state index contributed by atoms with van der Waals surface area (Å²) in [6.45, 7) is 1.02. The zero-order valence-electron chi connectivity index (χ0n) is 13.7. The summed E-state index contributed by atoms with van der Waals surface area (Å²) in [6.07, 6.45) is 5.15. The van der Waals surface area contributed by atoms with E-state index in [9.17, 15) is 9.90 Å². The second-order valence-electron chi connectivity index (χ2n) is 7.63. The molecule has 2 bridgehead atoms. The van der Waals surface area contributed by atoms with Crippen LogP contribution in [0.1, 0.15) is 31.2 Å². The lowest BCUT2D eigenvalue weighted by Crippen LogP contribution is -2.59. The predicted octanol–water partition coefficient (Wildman–Crippen LogP) is 2.25. The van der Waals surface area contributed by atoms with Crippen LogP contribution >= 0.6 is 0 Å². The highest BCUT2D eigenvalue weighted by Crippen LogP contribution is 2.58. The number of benzene rings is 1. The number of rotatable bonds is 4. The summed E-state index contributed by atoms with van der Waals surface area (Å²) in [5.41, 5.74) is 0.932. The molecule has 1 aromatic carbocycles. The van der Waals surface area contributed by atoms with Gasteiger partial charge in [-0.15, -0.1) is 0 Å². The molecule has 3 aliphatic rings. The Bertz CT molecular complexity index is 610. The van der Waals surface area contributed by atoms with E-state index in [2.05, 4.69) is 12.1 Å². The number of hydrogen-bond donors (Lipinski definition) is 1. The van der Waals surface area contributed by atoms with Crippen molar-refractivity contribution < 1.29 is 14.6 Å². The number of fused-ring (bicyclic) bond motifs is 2. The van der Waals surface area contributed by atoms with Crippen LogP contribution in [-0.4, -0.2) is 42.2 Å². The van der Waals surface area contributed by atoms with Gasteiger partial charge in [0.05, 0.1) is 18.6 Å². The van der Waals surface area contributed by atoms with Crippen LogP contribution in [0.15, 0.2) is 24.3 Å². The number of methoxy groups -OCH3 is 1. The number of aliphatic hydroxyl groups excluding tert-OH is 1. The van der Waals surface area contributed by atoms with Crippen molar-refractivity contribution in [2.45, 2.75) is 38.2 Å². The van der Waals surface area contributed by atoms with Gasteiger partial charge in [0.1, 0.15) is 5.75 Å². The highest BCUT2D eigenvalue weighted by Gasteiger charge is 2.57. The monoisotopic (exact) mass is 315 g/mol. The summed E-state index contributed by atoms with van der Waals surface area (Å²) in [6, 6.07) is 8.12. The quantitative estimate of drug-likeness (QED) is 0.927. The molecule has 3 atom stereocenters. The maximum Gasteiger partial charge on any atom is 0.229 e. The van der Waals surface area contributed by atoms with Crippen molar-refractivity contribution in [3.05, 3.63) is 29.8 Å². The minimum atomic E-state index is -0.327. The van der Waals surface area contributed by atoms with Crippen LogP contribution in [0.4, 0.5) is 0 Å². The van der Waals surface area contributed by atoms with Gasteiger partial charge in [0, 0.05) is 13.1 Å².